The third kappa shape index (κ3) is 2.17. The van der Waals surface area contributed by atoms with Crippen LogP contribution in [0.4, 0.5) is 0 Å². The fourth-order valence-corrected chi connectivity index (χ4v) is 1.67. The molecule has 0 spiro atoms. The molecule has 0 aliphatic rings. The van der Waals surface area contributed by atoms with Crippen molar-refractivity contribution in [3.63, 3.8) is 0 Å². The monoisotopic (exact) mass is 251 g/mol. The minimum atomic E-state index is -0.674. The van der Waals surface area contributed by atoms with Crippen LogP contribution in [0.15, 0.2) is 49.4 Å². The smallest absolute Gasteiger partial charge is 0.372 e. The lowest BCUT2D eigenvalue weighted by Gasteiger charge is -2.07. The second-order valence-corrected chi connectivity index (χ2v) is 3.93. The van der Waals surface area contributed by atoms with Gasteiger partial charge in [-0.2, -0.15) is 0 Å². The Morgan fingerprint density at radius 2 is 2.12 bits per heavy atom. The zero-order valence-electron chi connectivity index (χ0n) is 9.14. The summed E-state index contributed by atoms with van der Waals surface area (Å²) in [4.78, 5) is 23.1. The first-order valence-electron chi connectivity index (χ1n) is 5.02. The van der Waals surface area contributed by atoms with E-state index < -0.39 is 11.4 Å². The summed E-state index contributed by atoms with van der Waals surface area (Å²) >= 11 is 5.57. The quantitative estimate of drug-likeness (QED) is 0.821. The molecule has 17 heavy (non-hydrogen) atoms. The molecule has 0 radical (unpaired) electrons. The molecule has 0 fully saturated rings. The van der Waals surface area contributed by atoms with Crippen molar-refractivity contribution < 1.29 is 4.42 Å². The maximum absolute atomic E-state index is 11.6. The molecule has 1 aromatic heterocycles. The van der Waals surface area contributed by atoms with Crippen molar-refractivity contribution >= 4 is 22.5 Å². The minimum Gasteiger partial charge on any atom is -0.372 e. The third-order valence-corrected chi connectivity index (χ3v) is 2.78. The fraction of sp³-hybridized carbons (Fsp3) is 0.167. The van der Waals surface area contributed by atoms with Crippen LogP contribution in [0.2, 0.25) is 0 Å². The topological polar surface area (TPSA) is 52.2 Å². The van der Waals surface area contributed by atoms with Crippen LogP contribution in [-0.4, -0.2) is 4.57 Å². The number of benzene rings is 1. The Morgan fingerprint density at radius 1 is 1.41 bits per heavy atom. The maximum atomic E-state index is 11.6. The highest BCUT2D eigenvalue weighted by molar-refractivity contribution is 6.25. The van der Waals surface area contributed by atoms with Gasteiger partial charge in [0.15, 0.2) is 0 Å². The average molecular weight is 252 g/mol. The predicted octanol–water partition coefficient (Wildman–Crippen LogP) is 2.10. The standard InChI is InChI=1S/C12H10ClNO3/c1-8(6-13)7-14-10-5-3-2-4-9(10)11(15)17-12(14)16/h2-6H,7H2,1H3/b8-6-. The second kappa shape index (κ2) is 4.59. The number of para-hydroxylation sites is 1. The Morgan fingerprint density at radius 3 is 2.82 bits per heavy atom. The number of halogens is 1. The normalized spacial score (nSPS) is 12.0. The van der Waals surface area contributed by atoms with Gasteiger partial charge in [-0.15, -0.1) is 0 Å². The van der Waals surface area contributed by atoms with Gasteiger partial charge in [-0.25, -0.2) is 9.59 Å². The van der Waals surface area contributed by atoms with E-state index >= 15 is 0 Å². The number of rotatable bonds is 2. The van der Waals surface area contributed by atoms with Crippen LogP contribution in [0.1, 0.15) is 6.92 Å². The van der Waals surface area contributed by atoms with Gasteiger partial charge in [-0.05, 0) is 24.6 Å². The van der Waals surface area contributed by atoms with E-state index in [0.29, 0.717) is 17.4 Å². The van der Waals surface area contributed by atoms with Gasteiger partial charge in [0.1, 0.15) is 0 Å². The molecule has 0 N–H and O–H groups in total. The number of aromatic nitrogens is 1. The zero-order valence-corrected chi connectivity index (χ0v) is 9.90. The fourth-order valence-electron chi connectivity index (χ4n) is 1.60. The lowest BCUT2D eigenvalue weighted by Crippen LogP contribution is -2.25. The van der Waals surface area contributed by atoms with E-state index in [9.17, 15) is 9.59 Å². The van der Waals surface area contributed by atoms with Crippen LogP contribution in [0.3, 0.4) is 0 Å². The van der Waals surface area contributed by atoms with Crippen molar-refractivity contribution in [2.75, 3.05) is 0 Å². The van der Waals surface area contributed by atoms with Crippen molar-refractivity contribution in [3.05, 3.63) is 56.3 Å². The van der Waals surface area contributed by atoms with Gasteiger partial charge < -0.3 is 4.42 Å². The lowest BCUT2D eigenvalue weighted by molar-refractivity contribution is 0.424. The van der Waals surface area contributed by atoms with Gasteiger partial charge in [0.25, 0.3) is 0 Å². The molecule has 0 saturated carbocycles. The van der Waals surface area contributed by atoms with E-state index in [0.717, 1.165) is 5.57 Å². The Kier molecular flexibility index (Phi) is 3.15. The van der Waals surface area contributed by atoms with Crippen molar-refractivity contribution in [2.24, 2.45) is 0 Å². The molecule has 2 rings (SSSR count). The van der Waals surface area contributed by atoms with Crippen LogP contribution in [0, 0.1) is 0 Å². The number of nitrogens with zero attached hydrogens (tertiary/aromatic N) is 1. The number of hydrogen-bond acceptors (Lipinski definition) is 3. The van der Waals surface area contributed by atoms with E-state index in [2.05, 4.69) is 4.42 Å². The summed E-state index contributed by atoms with van der Waals surface area (Å²) in [6, 6.07) is 6.81. The highest BCUT2D eigenvalue weighted by atomic mass is 35.5. The van der Waals surface area contributed by atoms with Crippen LogP contribution < -0.4 is 11.4 Å². The lowest BCUT2D eigenvalue weighted by atomic mass is 10.2. The van der Waals surface area contributed by atoms with Crippen molar-refractivity contribution in [1.82, 2.24) is 4.57 Å². The van der Waals surface area contributed by atoms with E-state index in [1.807, 2.05) is 0 Å². The maximum Gasteiger partial charge on any atom is 0.422 e. The Hall–Kier alpha value is -1.81. The summed E-state index contributed by atoms with van der Waals surface area (Å²) in [5.74, 6) is -0.674. The molecule has 4 nitrogen and oxygen atoms in total. The van der Waals surface area contributed by atoms with Gasteiger partial charge in [0.05, 0.1) is 17.4 Å². The Balaban J connectivity index is 2.78. The molecule has 0 bridgehead atoms. The average Bonchev–Trinajstić information content (AvgIpc) is 2.34. The molecule has 0 aliphatic heterocycles. The highest BCUT2D eigenvalue weighted by Crippen LogP contribution is 2.09. The first kappa shape index (κ1) is 11.7. The van der Waals surface area contributed by atoms with Gasteiger partial charge in [-0.3, -0.25) is 4.57 Å². The summed E-state index contributed by atoms with van der Waals surface area (Å²) in [6.45, 7) is 2.09. The third-order valence-electron chi connectivity index (χ3n) is 2.41. The molecule has 0 atom stereocenters. The van der Waals surface area contributed by atoms with Crippen molar-refractivity contribution in [2.45, 2.75) is 13.5 Å². The molecular weight excluding hydrogens is 242 g/mol. The summed E-state index contributed by atoms with van der Waals surface area (Å²) < 4.78 is 6.03. The molecule has 1 heterocycles. The predicted molar refractivity (Wildman–Crippen MR) is 66.4 cm³/mol. The van der Waals surface area contributed by atoms with Gasteiger partial charge in [-0.1, -0.05) is 23.7 Å². The molecule has 0 unspecified atom stereocenters. The van der Waals surface area contributed by atoms with Crippen molar-refractivity contribution in [3.8, 4) is 0 Å². The first-order chi connectivity index (χ1) is 8.13. The van der Waals surface area contributed by atoms with Crippen LogP contribution in [-0.2, 0) is 6.54 Å². The molecule has 1 aromatic carbocycles. The molecule has 0 saturated heterocycles. The number of hydrogen-bond donors (Lipinski definition) is 0. The molecular formula is C12H10ClNO3. The zero-order chi connectivity index (χ0) is 12.4. The van der Waals surface area contributed by atoms with E-state index in [-0.39, 0.29) is 0 Å². The first-order valence-corrected chi connectivity index (χ1v) is 5.45. The summed E-state index contributed by atoms with van der Waals surface area (Å²) in [5, 5.41) is 0.384. The van der Waals surface area contributed by atoms with Crippen LogP contribution in [0.5, 0.6) is 0 Å². The van der Waals surface area contributed by atoms with E-state index in [1.165, 1.54) is 10.1 Å². The Labute approximate surface area is 102 Å². The molecule has 2 aromatic rings. The molecule has 0 amide bonds. The van der Waals surface area contributed by atoms with Gasteiger partial charge >= 0.3 is 11.4 Å². The Bertz CT molecular complexity index is 697. The van der Waals surface area contributed by atoms with Crippen LogP contribution >= 0.6 is 11.6 Å². The largest absolute Gasteiger partial charge is 0.422 e. The van der Waals surface area contributed by atoms with Crippen molar-refractivity contribution in [1.29, 1.82) is 0 Å². The molecule has 0 aliphatic carbocycles. The highest BCUT2D eigenvalue weighted by Gasteiger charge is 2.08. The minimum absolute atomic E-state index is 0.298. The van der Waals surface area contributed by atoms with E-state index in [1.54, 1.807) is 31.2 Å². The summed E-state index contributed by atoms with van der Waals surface area (Å²) in [5.41, 5.74) is 2.13. The number of fused-ring (bicyclic) bond motifs is 1. The number of allylic oxidation sites excluding steroid dienone is 1. The van der Waals surface area contributed by atoms with E-state index in [4.69, 9.17) is 11.6 Å². The molecule has 88 valence electrons. The van der Waals surface area contributed by atoms with Gasteiger partial charge in [0.2, 0.25) is 0 Å². The summed E-state index contributed by atoms with van der Waals surface area (Å²) in [6.07, 6.45) is 0. The molecule has 5 heteroatoms. The van der Waals surface area contributed by atoms with Crippen LogP contribution in [0.25, 0.3) is 10.9 Å². The second-order valence-electron chi connectivity index (χ2n) is 3.71. The summed E-state index contributed by atoms with van der Waals surface area (Å²) in [7, 11) is 0. The SMILES string of the molecule is C/C(=C/Cl)Cn1c(=O)oc(=O)c2ccccc21. The van der Waals surface area contributed by atoms with Gasteiger partial charge in [0, 0.05) is 5.54 Å².